The lowest BCUT2D eigenvalue weighted by molar-refractivity contribution is 0.573. The van der Waals surface area contributed by atoms with Gasteiger partial charge in [0.1, 0.15) is 6.26 Å². The van der Waals surface area contributed by atoms with Crippen LogP contribution in [0.25, 0.3) is 10.8 Å². The van der Waals surface area contributed by atoms with Crippen molar-refractivity contribution in [1.29, 1.82) is 0 Å². The van der Waals surface area contributed by atoms with Gasteiger partial charge < -0.3 is 15.1 Å². The van der Waals surface area contributed by atoms with Crippen LogP contribution in [0.5, 0.6) is 0 Å². The minimum absolute atomic E-state index is 0.577. The second-order valence-electron chi connectivity index (χ2n) is 5.56. The predicted octanol–water partition coefficient (Wildman–Crippen LogP) is 3.70. The van der Waals surface area contributed by atoms with E-state index in [4.69, 9.17) is 4.42 Å². The van der Waals surface area contributed by atoms with Crippen LogP contribution in [0.1, 0.15) is 17.7 Å². The molecule has 0 bridgehead atoms. The summed E-state index contributed by atoms with van der Waals surface area (Å²) in [5, 5.41) is 8.60. The Morgan fingerprint density at radius 3 is 2.80 bits per heavy atom. The first-order valence-electron chi connectivity index (χ1n) is 8.32. The van der Waals surface area contributed by atoms with Gasteiger partial charge in [0.15, 0.2) is 5.96 Å². The third kappa shape index (κ3) is 5.19. The average Bonchev–Trinajstić information content (AvgIpc) is 3.33. The number of hydrogen-bond acceptors (Lipinski definition) is 4. The predicted molar refractivity (Wildman–Crippen MR) is 103 cm³/mol. The normalized spacial score (nSPS) is 11.5. The number of nitrogens with one attached hydrogen (secondary N) is 2. The van der Waals surface area contributed by atoms with Crippen LogP contribution in [0.3, 0.4) is 0 Å². The van der Waals surface area contributed by atoms with Crippen molar-refractivity contribution in [2.24, 2.45) is 4.99 Å². The summed E-state index contributed by atoms with van der Waals surface area (Å²) in [5.74, 6) is 1.44. The molecule has 1 aromatic carbocycles. The van der Waals surface area contributed by atoms with E-state index in [-0.39, 0.29) is 0 Å². The van der Waals surface area contributed by atoms with Gasteiger partial charge in [-0.1, -0.05) is 36.4 Å². The molecule has 0 atom stereocenters. The molecule has 5 nitrogen and oxygen atoms in total. The maximum atomic E-state index is 5.52. The van der Waals surface area contributed by atoms with E-state index in [1.54, 1.807) is 24.6 Å². The Labute approximate surface area is 151 Å². The highest BCUT2D eigenvalue weighted by molar-refractivity contribution is 7.13. The molecule has 0 spiro atoms. The Kier molecular flexibility index (Phi) is 6.23. The fourth-order valence-electron chi connectivity index (χ4n) is 2.44. The van der Waals surface area contributed by atoms with E-state index in [1.165, 1.54) is 5.56 Å². The van der Waals surface area contributed by atoms with Crippen LogP contribution < -0.4 is 10.6 Å². The molecule has 0 saturated carbocycles. The zero-order chi connectivity index (χ0) is 17.3. The van der Waals surface area contributed by atoms with Gasteiger partial charge in [0, 0.05) is 13.6 Å². The molecule has 6 heteroatoms. The van der Waals surface area contributed by atoms with Crippen molar-refractivity contribution in [3.05, 3.63) is 65.4 Å². The van der Waals surface area contributed by atoms with Gasteiger partial charge >= 0.3 is 0 Å². The van der Waals surface area contributed by atoms with Crippen LogP contribution >= 0.6 is 11.3 Å². The number of aliphatic imine (C=N–C) groups is 1. The maximum absolute atomic E-state index is 5.52. The smallest absolute Gasteiger partial charge is 0.236 e. The molecule has 2 N–H and O–H groups in total. The lowest BCUT2D eigenvalue weighted by Gasteiger charge is -2.10. The van der Waals surface area contributed by atoms with E-state index >= 15 is 0 Å². The summed E-state index contributed by atoms with van der Waals surface area (Å²) >= 11 is 1.62. The van der Waals surface area contributed by atoms with Crippen molar-refractivity contribution >= 4 is 17.3 Å². The molecular formula is C19H22N4OS. The quantitative estimate of drug-likeness (QED) is 0.386. The number of benzene rings is 1. The molecule has 0 saturated heterocycles. The minimum atomic E-state index is 0.577. The van der Waals surface area contributed by atoms with Gasteiger partial charge in [-0.15, -0.1) is 11.3 Å². The highest BCUT2D eigenvalue weighted by Gasteiger charge is 2.08. The number of aryl methyl sites for hydroxylation is 1. The maximum Gasteiger partial charge on any atom is 0.236 e. The molecule has 130 valence electrons. The Morgan fingerprint density at radius 2 is 2.04 bits per heavy atom. The van der Waals surface area contributed by atoms with Gasteiger partial charge in [0.25, 0.3) is 0 Å². The standard InChI is InChI=1S/C19H22N4OS/c1-20-19(21-11-5-9-15-7-3-2-4-8-15)22-13-16-14-24-18(23-16)17-10-6-12-25-17/h2-4,6-8,10,12,14H,5,9,11,13H2,1H3,(H2,20,21,22). The summed E-state index contributed by atoms with van der Waals surface area (Å²) in [6.45, 7) is 1.45. The van der Waals surface area contributed by atoms with Crippen LogP contribution in [0.4, 0.5) is 0 Å². The van der Waals surface area contributed by atoms with Gasteiger partial charge in [-0.3, -0.25) is 4.99 Å². The lowest BCUT2D eigenvalue weighted by Crippen LogP contribution is -2.37. The Balaban J connectivity index is 1.40. The topological polar surface area (TPSA) is 62.5 Å². The summed E-state index contributed by atoms with van der Waals surface area (Å²) in [5.41, 5.74) is 2.21. The molecule has 3 aromatic rings. The summed E-state index contributed by atoms with van der Waals surface area (Å²) < 4.78 is 5.52. The fraction of sp³-hybridized carbons (Fsp3) is 0.263. The monoisotopic (exact) mass is 354 g/mol. The van der Waals surface area contributed by atoms with E-state index in [0.717, 1.165) is 35.9 Å². The number of aromatic nitrogens is 1. The van der Waals surface area contributed by atoms with Gasteiger partial charge in [-0.2, -0.15) is 0 Å². The molecule has 0 fully saturated rings. The molecule has 2 aromatic heterocycles. The first kappa shape index (κ1) is 17.2. The Bertz CT molecular complexity index is 781. The molecule has 25 heavy (non-hydrogen) atoms. The van der Waals surface area contributed by atoms with Crippen LogP contribution in [0.15, 0.2) is 63.5 Å². The van der Waals surface area contributed by atoms with Gasteiger partial charge in [0.2, 0.25) is 5.89 Å². The summed E-state index contributed by atoms with van der Waals surface area (Å²) in [4.78, 5) is 9.77. The van der Waals surface area contributed by atoms with Crippen molar-refractivity contribution in [2.75, 3.05) is 13.6 Å². The average molecular weight is 354 g/mol. The second kappa shape index (κ2) is 9.03. The number of hydrogen-bond donors (Lipinski definition) is 2. The highest BCUT2D eigenvalue weighted by Crippen LogP contribution is 2.23. The molecule has 0 radical (unpaired) electrons. The second-order valence-corrected chi connectivity index (χ2v) is 6.51. The molecule has 0 unspecified atom stereocenters. The van der Waals surface area contributed by atoms with Crippen molar-refractivity contribution in [3.8, 4) is 10.8 Å². The number of rotatable bonds is 7. The number of guanidine groups is 1. The number of oxazole rings is 1. The molecule has 0 aliphatic heterocycles. The summed E-state index contributed by atoms with van der Waals surface area (Å²) in [6.07, 6.45) is 3.79. The first-order chi connectivity index (χ1) is 12.3. The lowest BCUT2D eigenvalue weighted by atomic mass is 10.1. The zero-order valence-corrected chi connectivity index (χ0v) is 15.1. The fourth-order valence-corrected chi connectivity index (χ4v) is 3.10. The van der Waals surface area contributed by atoms with E-state index in [2.05, 4.69) is 44.9 Å². The third-order valence-electron chi connectivity index (χ3n) is 3.72. The van der Waals surface area contributed by atoms with E-state index in [0.29, 0.717) is 12.4 Å². The molecule has 2 heterocycles. The minimum Gasteiger partial charge on any atom is -0.443 e. The molecule has 0 amide bonds. The third-order valence-corrected chi connectivity index (χ3v) is 4.58. The van der Waals surface area contributed by atoms with E-state index in [9.17, 15) is 0 Å². The summed E-state index contributed by atoms with van der Waals surface area (Å²) in [6, 6.07) is 14.5. The van der Waals surface area contributed by atoms with Crippen molar-refractivity contribution in [2.45, 2.75) is 19.4 Å². The van der Waals surface area contributed by atoms with Crippen molar-refractivity contribution in [1.82, 2.24) is 15.6 Å². The molecule has 0 aliphatic rings. The first-order valence-corrected chi connectivity index (χ1v) is 9.20. The molecule has 0 aliphatic carbocycles. The van der Waals surface area contributed by atoms with Crippen LogP contribution in [-0.2, 0) is 13.0 Å². The van der Waals surface area contributed by atoms with Gasteiger partial charge in [-0.25, -0.2) is 4.98 Å². The molecular weight excluding hydrogens is 332 g/mol. The van der Waals surface area contributed by atoms with Crippen molar-refractivity contribution < 1.29 is 4.42 Å². The largest absolute Gasteiger partial charge is 0.443 e. The summed E-state index contributed by atoms with van der Waals surface area (Å²) in [7, 11) is 1.77. The van der Waals surface area contributed by atoms with Gasteiger partial charge in [0.05, 0.1) is 17.1 Å². The zero-order valence-electron chi connectivity index (χ0n) is 14.2. The number of nitrogens with zero attached hydrogens (tertiary/aromatic N) is 2. The highest BCUT2D eigenvalue weighted by atomic mass is 32.1. The van der Waals surface area contributed by atoms with E-state index < -0.39 is 0 Å². The van der Waals surface area contributed by atoms with Crippen LogP contribution in [0.2, 0.25) is 0 Å². The number of thiophene rings is 1. The van der Waals surface area contributed by atoms with Crippen molar-refractivity contribution in [3.63, 3.8) is 0 Å². The van der Waals surface area contributed by atoms with Gasteiger partial charge in [-0.05, 0) is 29.9 Å². The van der Waals surface area contributed by atoms with Crippen LogP contribution in [0, 0.1) is 0 Å². The Hall–Kier alpha value is -2.60. The van der Waals surface area contributed by atoms with E-state index in [1.807, 2.05) is 23.6 Å². The molecule has 3 rings (SSSR count). The SMILES string of the molecule is CN=C(NCCCc1ccccc1)NCc1coc(-c2cccs2)n1. The Morgan fingerprint density at radius 1 is 1.16 bits per heavy atom. The van der Waals surface area contributed by atoms with Crippen LogP contribution in [-0.4, -0.2) is 24.5 Å².